The van der Waals surface area contributed by atoms with Gasteiger partial charge in [0.15, 0.2) is 0 Å². The van der Waals surface area contributed by atoms with Crippen LogP contribution in [0.2, 0.25) is 10.0 Å². The zero-order valence-corrected chi connectivity index (χ0v) is 19.0. The molecule has 0 spiro atoms. The minimum Gasteiger partial charge on any atom is -0.487 e. The van der Waals surface area contributed by atoms with Crippen LogP contribution in [-0.4, -0.2) is 6.21 Å². The molecule has 3 rings (SSSR count). The summed E-state index contributed by atoms with van der Waals surface area (Å²) in [6.45, 7) is 2.35. The number of aliphatic imine (C=N–C) groups is 1. The van der Waals surface area contributed by atoms with Crippen molar-refractivity contribution in [1.82, 2.24) is 0 Å². The topological polar surface area (TPSA) is 21.6 Å². The molecule has 0 N–H and O–H groups in total. The van der Waals surface area contributed by atoms with Gasteiger partial charge in [0.05, 0.1) is 10.2 Å². The standard InChI is InChI=1S/C21H15Br2Cl2NO/c1-13-19(25)6-3-7-20(13)26-11-15-9-16(22)10-18(23)21(15)27-12-14-4-2-5-17(24)8-14/h2-11H,12H2,1H3. The lowest BCUT2D eigenvalue weighted by molar-refractivity contribution is 0.304. The summed E-state index contributed by atoms with van der Waals surface area (Å²) in [4.78, 5) is 4.60. The number of ether oxygens (including phenoxy) is 1. The van der Waals surface area contributed by atoms with Crippen LogP contribution in [0.25, 0.3) is 0 Å². The molecule has 6 heteroatoms. The molecule has 0 bridgehead atoms. The first-order valence-electron chi connectivity index (χ1n) is 8.09. The highest BCUT2D eigenvalue weighted by atomic mass is 79.9. The van der Waals surface area contributed by atoms with Gasteiger partial charge in [-0.25, -0.2) is 0 Å². The minimum atomic E-state index is 0.401. The second kappa shape index (κ2) is 9.24. The fourth-order valence-electron chi connectivity index (χ4n) is 2.49. The van der Waals surface area contributed by atoms with Crippen molar-refractivity contribution in [3.05, 3.63) is 90.3 Å². The molecule has 3 aromatic carbocycles. The number of benzene rings is 3. The molecule has 0 unspecified atom stereocenters. The van der Waals surface area contributed by atoms with E-state index in [0.717, 1.165) is 31.3 Å². The van der Waals surface area contributed by atoms with Gasteiger partial charge in [0.25, 0.3) is 0 Å². The highest BCUT2D eigenvalue weighted by molar-refractivity contribution is 9.11. The summed E-state index contributed by atoms with van der Waals surface area (Å²) >= 11 is 19.3. The third-order valence-electron chi connectivity index (χ3n) is 3.89. The monoisotopic (exact) mass is 525 g/mol. The Labute approximate surface area is 185 Å². The first-order chi connectivity index (χ1) is 12.9. The molecule has 0 saturated heterocycles. The zero-order valence-electron chi connectivity index (χ0n) is 14.3. The van der Waals surface area contributed by atoms with Gasteiger partial charge >= 0.3 is 0 Å². The fourth-order valence-corrected chi connectivity index (χ4v) is 4.24. The van der Waals surface area contributed by atoms with Gasteiger partial charge in [-0.2, -0.15) is 0 Å². The van der Waals surface area contributed by atoms with E-state index >= 15 is 0 Å². The molecule has 0 saturated carbocycles. The maximum absolute atomic E-state index is 6.18. The molecule has 0 atom stereocenters. The fraction of sp³-hybridized carbons (Fsp3) is 0.0952. The number of halogens is 4. The van der Waals surface area contributed by atoms with Gasteiger partial charge in [-0.15, -0.1) is 0 Å². The van der Waals surface area contributed by atoms with Crippen LogP contribution in [0.5, 0.6) is 5.75 Å². The van der Waals surface area contributed by atoms with E-state index in [1.165, 1.54) is 0 Å². The van der Waals surface area contributed by atoms with Crippen molar-refractivity contribution in [1.29, 1.82) is 0 Å². The van der Waals surface area contributed by atoms with E-state index in [4.69, 9.17) is 27.9 Å². The SMILES string of the molecule is Cc1c(Cl)cccc1N=Cc1cc(Br)cc(Br)c1OCc1cccc(Cl)c1. The molecule has 0 heterocycles. The van der Waals surface area contributed by atoms with Crippen molar-refractivity contribution in [2.75, 3.05) is 0 Å². The Hall–Kier alpha value is -1.33. The largest absolute Gasteiger partial charge is 0.487 e. The Balaban J connectivity index is 1.90. The molecule has 0 aliphatic rings. The first-order valence-corrected chi connectivity index (χ1v) is 10.4. The van der Waals surface area contributed by atoms with E-state index in [0.29, 0.717) is 22.4 Å². The van der Waals surface area contributed by atoms with Crippen LogP contribution in [0.3, 0.4) is 0 Å². The second-order valence-corrected chi connectivity index (χ2v) is 8.48. The van der Waals surface area contributed by atoms with Crippen molar-refractivity contribution in [2.45, 2.75) is 13.5 Å². The van der Waals surface area contributed by atoms with Gasteiger partial charge in [-0.3, -0.25) is 4.99 Å². The molecule has 2 nitrogen and oxygen atoms in total. The molecule has 0 amide bonds. The molecule has 0 aliphatic carbocycles. The number of rotatable bonds is 5. The summed E-state index contributed by atoms with van der Waals surface area (Å²) in [6.07, 6.45) is 1.78. The Morgan fingerprint density at radius 2 is 1.81 bits per heavy atom. The third-order valence-corrected chi connectivity index (χ3v) is 5.58. The van der Waals surface area contributed by atoms with Crippen LogP contribution < -0.4 is 4.74 Å². The van der Waals surface area contributed by atoms with E-state index in [1.54, 1.807) is 6.21 Å². The van der Waals surface area contributed by atoms with Crippen molar-refractivity contribution >= 4 is 67.0 Å². The second-order valence-electron chi connectivity index (χ2n) is 5.87. The molecule has 3 aromatic rings. The third kappa shape index (κ3) is 5.35. The average molecular weight is 528 g/mol. The number of hydrogen-bond acceptors (Lipinski definition) is 2. The average Bonchev–Trinajstić information content (AvgIpc) is 2.62. The Morgan fingerprint density at radius 1 is 1.04 bits per heavy atom. The van der Waals surface area contributed by atoms with Gasteiger partial charge in [-0.05, 0) is 70.4 Å². The van der Waals surface area contributed by atoms with Gasteiger partial charge in [0.1, 0.15) is 12.4 Å². The van der Waals surface area contributed by atoms with Crippen LogP contribution in [0.4, 0.5) is 5.69 Å². The van der Waals surface area contributed by atoms with E-state index < -0.39 is 0 Å². The van der Waals surface area contributed by atoms with E-state index in [2.05, 4.69) is 36.9 Å². The lowest BCUT2D eigenvalue weighted by Crippen LogP contribution is -1.99. The predicted octanol–water partition coefficient (Wildman–Crippen LogP) is 8.16. The molecule has 0 fully saturated rings. The van der Waals surface area contributed by atoms with E-state index in [9.17, 15) is 0 Å². The van der Waals surface area contributed by atoms with Crippen molar-refractivity contribution < 1.29 is 4.74 Å². The van der Waals surface area contributed by atoms with Crippen molar-refractivity contribution in [3.8, 4) is 5.75 Å². The Bertz CT molecular complexity index is 1010. The molecule has 138 valence electrons. The van der Waals surface area contributed by atoms with Crippen molar-refractivity contribution in [3.63, 3.8) is 0 Å². The number of nitrogens with zero attached hydrogens (tertiary/aromatic N) is 1. The molecular formula is C21H15Br2Cl2NO. The minimum absolute atomic E-state index is 0.401. The lowest BCUT2D eigenvalue weighted by Gasteiger charge is -2.12. The maximum Gasteiger partial charge on any atom is 0.142 e. The van der Waals surface area contributed by atoms with Gasteiger partial charge in [0, 0.05) is 26.3 Å². The molecule has 0 radical (unpaired) electrons. The summed E-state index contributed by atoms with van der Waals surface area (Å²) < 4.78 is 7.82. The molecule has 0 aromatic heterocycles. The molecular weight excluding hydrogens is 513 g/mol. The summed E-state index contributed by atoms with van der Waals surface area (Å²) in [5.41, 5.74) is 3.59. The summed E-state index contributed by atoms with van der Waals surface area (Å²) in [5.74, 6) is 0.710. The van der Waals surface area contributed by atoms with Crippen LogP contribution in [0.1, 0.15) is 16.7 Å². The summed E-state index contributed by atoms with van der Waals surface area (Å²) in [6, 6.07) is 17.2. The Kier molecular flexibility index (Phi) is 6.99. The van der Waals surface area contributed by atoms with Gasteiger partial charge < -0.3 is 4.74 Å². The van der Waals surface area contributed by atoms with Crippen LogP contribution >= 0.6 is 55.1 Å². The van der Waals surface area contributed by atoms with E-state index in [1.807, 2.05) is 61.5 Å². The summed E-state index contributed by atoms with van der Waals surface area (Å²) in [7, 11) is 0. The van der Waals surface area contributed by atoms with Gasteiger partial charge in [0.2, 0.25) is 0 Å². The predicted molar refractivity (Wildman–Crippen MR) is 121 cm³/mol. The Morgan fingerprint density at radius 3 is 2.59 bits per heavy atom. The van der Waals surface area contributed by atoms with E-state index in [-0.39, 0.29) is 0 Å². The maximum atomic E-state index is 6.18. The van der Waals surface area contributed by atoms with Crippen LogP contribution in [-0.2, 0) is 6.61 Å². The smallest absolute Gasteiger partial charge is 0.142 e. The van der Waals surface area contributed by atoms with Crippen LogP contribution in [0, 0.1) is 6.92 Å². The summed E-state index contributed by atoms with van der Waals surface area (Å²) in [5, 5.41) is 1.38. The van der Waals surface area contributed by atoms with Crippen molar-refractivity contribution in [2.24, 2.45) is 4.99 Å². The molecule has 0 aliphatic heterocycles. The quantitative estimate of drug-likeness (QED) is 0.307. The molecule has 27 heavy (non-hydrogen) atoms. The van der Waals surface area contributed by atoms with Gasteiger partial charge in [-0.1, -0.05) is 57.3 Å². The first kappa shape index (κ1) is 20.4. The highest BCUT2D eigenvalue weighted by Gasteiger charge is 2.10. The highest BCUT2D eigenvalue weighted by Crippen LogP contribution is 2.33. The lowest BCUT2D eigenvalue weighted by atomic mass is 10.2. The zero-order chi connectivity index (χ0) is 19.4. The number of hydrogen-bond donors (Lipinski definition) is 0. The normalized spacial score (nSPS) is 11.1. The van der Waals surface area contributed by atoms with Crippen LogP contribution in [0.15, 0.2) is 68.5 Å².